The third-order valence-electron chi connectivity index (χ3n) is 7.18. The number of carbonyl (C=O) groups is 2. The molecule has 0 bridgehead atoms. The molecule has 0 radical (unpaired) electrons. The molecule has 3 aliphatic rings. The summed E-state index contributed by atoms with van der Waals surface area (Å²) in [6.07, 6.45) is 0.695. The third kappa shape index (κ3) is 3.86. The van der Waals surface area contributed by atoms with Crippen molar-refractivity contribution in [3.8, 4) is 5.75 Å². The van der Waals surface area contributed by atoms with E-state index in [1.165, 1.54) is 4.90 Å². The number of aliphatic hydroxyl groups is 1. The van der Waals surface area contributed by atoms with Gasteiger partial charge in [0.2, 0.25) is 5.91 Å². The van der Waals surface area contributed by atoms with Crippen LogP contribution in [-0.2, 0) is 11.2 Å². The number of carbonyl (C=O) groups excluding carboxylic acids is 2. The molecule has 2 aromatic carbocycles. The highest BCUT2D eigenvalue weighted by atomic mass is 16.5. The number of ether oxygens (including phenoxy) is 1. The van der Waals surface area contributed by atoms with Crippen molar-refractivity contribution in [3.05, 3.63) is 64.7 Å². The van der Waals surface area contributed by atoms with E-state index in [2.05, 4.69) is 10.3 Å². The molecule has 0 fully saturated rings. The molecule has 0 saturated heterocycles. The van der Waals surface area contributed by atoms with Crippen molar-refractivity contribution in [2.45, 2.75) is 76.3 Å². The van der Waals surface area contributed by atoms with Crippen molar-refractivity contribution in [2.24, 2.45) is 10.7 Å². The normalized spacial score (nSPS) is 28.1. The first-order valence-corrected chi connectivity index (χ1v) is 11.9. The Hall–Kier alpha value is -3.39. The zero-order valence-electron chi connectivity index (χ0n) is 20.8. The summed E-state index contributed by atoms with van der Waals surface area (Å²) in [5.41, 5.74) is 6.89. The molecule has 1 aliphatic carbocycles. The van der Waals surface area contributed by atoms with E-state index >= 15 is 0 Å². The van der Waals surface area contributed by atoms with Crippen LogP contribution in [0.2, 0.25) is 0 Å². The van der Waals surface area contributed by atoms with Crippen LogP contribution in [0.5, 0.6) is 5.75 Å². The molecular formula is C27H32N4O4. The number of hydrogen-bond donors (Lipinski definition) is 3. The average molecular weight is 477 g/mol. The van der Waals surface area contributed by atoms with Gasteiger partial charge in [0, 0.05) is 17.5 Å². The summed E-state index contributed by atoms with van der Waals surface area (Å²) in [7, 11) is 0. The second-order valence-corrected chi connectivity index (χ2v) is 11.2. The lowest BCUT2D eigenvalue weighted by atomic mass is 9.89. The molecule has 2 aliphatic heterocycles. The number of nitrogens with one attached hydrogen (secondary N) is 1. The molecule has 8 nitrogen and oxygen atoms in total. The molecule has 2 aromatic rings. The zero-order chi connectivity index (χ0) is 25.3. The van der Waals surface area contributed by atoms with Gasteiger partial charge in [-0.1, -0.05) is 24.3 Å². The van der Waals surface area contributed by atoms with Crippen LogP contribution in [0.1, 0.15) is 80.2 Å². The largest absolute Gasteiger partial charge is 0.485 e. The Kier molecular flexibility index (Phi) is 5.04. The molecule has 4 N–H and O–H groups in total. The van der Waals surface area contributed by atoms with Gasteiger partial charge >= 0.3 is 0 Å². The van der Waals surface area contributed by atoms with Crippen LogP contribution in [0.4, 0.5) is 0 Å². The number of benzene rings is 2. The van der Waals surface area contributed by atoms with Crippen LogP contribution in [0.3, 0.4) is 0 Å². The average Bonchev–Trinajstić information content (AvgIpc) is 3.15. The van der Waals surface area contributed by atoms with Crippen LogP contribution in [0.15, 0.2) is 47.5 Å². The standard InChI is InChI=1S/C27H32N4O4/c1-25(2)14-20(32)31(24(28)30-25)22-18-12-15(10-11-19(18)35-26(22,3)4)23(33)29-21-17-9-7-6-8-16(17)13-27(21,5)34/h6-12,21-22,34H,13-14H2,1-5H3,(H2,28,30)(H,29,33)/t21-,22+,27-/m1/s1. The van der Waals surface area contributed by atoms with E-state index in [0.717, 1.165) is 11.1 Å². The lowest BCUT2D eigenvalue weighted by Gasteiger charge is -2.40. The highest BCUT2D eigenvalue weighted by molar-refractivity contribution is 6.00. The summed E-state index contributed by atoms with van der Waals surface area (Å²) in [4.78, 5) is 32.5. The molecule has 2 heterocycles. The van der Waals surface area contributed by atoms with Gasteiger partial charge in [-0.15, -0.1) is 0 Å². The number of hydrogen-bond acceptors (Lipinski definition) is 6. The number of amides is 2. The van der Waals surface area contributed by atoms with Crippen molar-refractivity contribution in [1.29, 1.82) is 0 Å². The molecule has 5 rings (SSSR count). The lowest BCUT2D eigenvalue weighted by Crippen LogP contribution is -2.55. The Morgan fingerprint density at radius 1 is 1.11 bits per heavy atom. The van der Waals surface area contributed by atoms with Gasteiger partial charge in [0.15, 0.2) is 5.96 Å². The first-order chi connectivity index (χ1) is 16.3. The van der Waals surface area contributed by atoms with Crippen molar-refractivity contribution in [3.63, 3.8) is 0 Å². The highest BCUT2D eigenvalue weighted by Crippen LogP contribution is 2.48. The van der Waals surface area contributed by atoms with Gasteiger partial charge in [0.25, 0.3) is 5.91 Å². The Balaban J connectivity index is 1.48. The van der Waals surface area contributed by atoms with Gasteiger partial charge in [-0.2, -0.15) is 0 Å². The molecular weight excluding hydrogens is 444 g/mol. The monoisotopic (exact) mass is 476 g/mol. The molecule has 0 spiro atoms. The van der Waals surface area contributed by atoms with E-state index in [-0.39, 0.29) is 24.2 Å². The van der Waals surface area contributed by atoms with E-state index in [1.807, 2.05) is 52.0 Å². The summed E-state index contributed by atoms with van der Waals surface area (Å²) in [5, 5.41) is 14.0. The van der Waals surface area contributed by atoms with Crippen molar-refractivity contribution >= 4 is 17.8 Å². The van der Waals surface area contributed by atoms with E-state index in [0.29, 0.717) is 23.3 Å². The molecule has 0 aromatic heterocycles. The van der Waals surface area contributed by atoms with Gasteiger partial charge in [0.05, 0.1) is 23.6 Å². The smallest absolute Gasteiger partial charge is 0.251 e. The fourth-order valence-corrected chi connectivity index (χ4v) is 5.67. The Labute approximate surface area is 205 Å². The second-order valence-electron chi connectivity index (χ2n) is 11.2. The van der Waals surface area contributed by atoms with Gasteiger partial charge in [-0.25, -0.2) is 4.99 Å². The first-order valence-electron chi connectivity index (χ1n) is 11.9. The minimum atomic E-state index is -1.10. The first kappa shape index (κ1) is 23.4. The number of fused-ring (bicyclic) bond motifs is 2. The molecule has 8 heteroatoms. The Bertz CT molecular complexity index is 1260. The van der Waals surface area contributed by atoms with Crippen molar-refractivity contribution in [2.75, 3.05) is 0 Å². The molecule has 0 unspecified atom stereocenters. The SMILES string of the molecule is CC1(C)CC(=O)N([C@H]2c3cc(C(=O)N[C@@H]4c5ccccc5C[C@@]4(C)O)ccc3OC2(C)C)C(N)=N1. The highest BCUT2D eigenvalue weighted by Gasteiger charge is 2.50. The second kappa shape index (κ2) is 7.55. The van der Waals surface area contributed by atoms with Gasteiger partial charge in [0.1, 0.15) is 17.4 Å². The van der Waals surface area contributed by atoms with Crippen LogP contribution < -0.4 is 15.8 Å². The topological polar surface area (TPSA) is 117 Å². The summed E-state index contributed by atoms with van der Waals surface area (Å²) in [6.45, 7) is 9.27. The zero-order valence-corrected chi connectivity index (χ0v) is 20.8. The summed E-state index contributed by atoms with van der Waals surface area (Å²) in [6, 6.07) is 11.9. The molecule has 3 atom stereocenters. The van der Waals surface area contributed by atoms with Gasteiger partial charge in [-0.3, -0.25) is 14.5 Å². The number of nitrogens with two attached hydrogens (primary N) is 1. The van der Waals surface area contributed by atoms with Crippen LogP contribution in [-0.4, -0.2) is 44.5 Å². The molecule has 0 saturated carbocycles. The van der Waals surface area contributed by atoms with E-state index in [9.17, 15) is 14.7 Å². The molecule has 2 amide bonds. The van der Waals surface area contributed by atoms with Crippen LogP contribution in [0, 0.1) is 0 Å². The molecule has 35 heavy (non-hydrogen) atoms. The number of guanidine groups is 1. The van der Waals surface area contributed by atoms with E-state index in [4.69, 9.17) is 10.5 Å². The predicted molar refractivity (Wildman–Crippen MR) is 132 cm³/mol. The van der Waals surface area contributed by atoms with E-state index in [1.54, 1.807) is 25.1 Å². The summed E-state index contributed by atoms with van der Waals surface area (Å²) in [5.74, 6) is 0.297. The maximum Gasteiger partial charge on any atom is 0.251 e. The Morgan fingerprint density at radius 2 is 1.83 bits per heavy atom. The number of nitrogens with zero attached hydrogens (tertiary/aromatic N) is 2. The van der Waals surface area contributed by atoms with Gasteiger partial charge in [-0.05, 0) is 63.9 Å². The van der Waals surface area contributed by atoms with Crippen molar-refractivity contribution < 1.29 is 19.4 Å². The lowest BCUT2D eigenvalue weighted by molar-refractivity contribution is -0.133. The predicted octanol–water partition coefficient (Wildman–Crippen LogP) is 3.00. The summed E-state index contributed by atoms with van der Waals surface area (Å²) >= 11 is 0. The Morgan fingerprint density at radius 3 is 2.54 bits per heavy atom. The quantitative estimate of drug-likeness (QED) is 0.630. The van der Waals surface area contributed by atoms with Crippen LogP contribution >= 0.6 is 0 Å². The number of aliphatic imine (C=N–C) groups is 1. The minimum Gasteiger partial charge on any atom is -0.485 e. The fraction of sp³-hybridized carbons (Fsp3) is 0.444. The minimum absolute atomic E-state index is 0.134. The van der Waals surface area contributed by atoms with Crippen LogP contribution in [0.25, 0.3) is 0 Å². The summed E-state index contributed by atoms with van der Waals surface area (Å²) < 4.78 is 6.18. The van der Waals surface area contributed by atoms with Gasteiger partial charge < -0.3 is 20.9 Å². The van der Waals surface area contributed by atoms with E-state index < -0.39 is 28.8 Å². The van der Waals surface area contributed by atoms with Crippen molar-refractivity contribution in [1.82, 2.24) is 10.2 Å². The molecule has 184 valence electrons. The maximum absolute atomic E-state index is 13.4. The maximum atomic E-state index is 13.4. The fourth-order valence-electron chi connectivity index (χ4n) is 5.67. The number of rotatable bonds is 3. The third-order valence-corrected chi connectivity index (χ3v) is 7.18.